The fourth-order valence-corrected chi connectivity index (χ4v) is 5.80. The van der Waals surface area contributed by atoms with E-state index in [0.29, 0.717) is 35.5 Å². The molecule has 3 aliphatic heterocycles. The van der Waals surface area contributed by atoms with E-state index in [-0.39, 0.29) is 17.9 Å². The minimum absolute atomic E-state index is 0.175. The number of nitrogens with zero attached hydrogens (tertiary/aromatic N) is 5. The summed E-state index contributed by atoms with van der Waals surface area (Å²) in [6, 6.07) is 13.1. The van der Waals surface area contributed by atoms with Crippen molar-refractivity contribution in [1.29, 1.82) is 5.26 Å². The molecule has 1 aromatic heterocycles. The number of nitrogen functional groups attached to an aromatic ring is 1. The zero-order valence-corrected chi connectivity index (χ0v) is 16.9. The predicted molar refractivity (Wildman–Crippen MR) is 113 cm³/mol. The van der Waals surface area contributed by atoms with Gasteiger partial charge in [-0.25, -0.2) is 9.97 Å². The molecule has 3 fully saturated rings. The molecule has 3 aliphatic rings. The summed E-state index contributed by atoms with van der Waals surface area (Å²) in [5.41, 5.74) is 7.57. The van der Waals surface area contributed by atoms with Crippen molar-refractivity contribution >= 4 is 17.5 Å². The van der Waals surface area contributed by atoms with Gasteiger partial charge < -0.3 is 15.5 Å². The largest absolute Gasteiger partial charge is 0.382 e. The molecule has 1 aromatic carbocycles. The van der Waals surface area contributed by atoms with Crippen LogP contribution in [0.15, 0.2) is 36.7 Å². The molecule has 0 saturated carbocycles. The van der Waals surface area contributed by atoms with E-state index in [1.165, 1.54) is 11.9 Å². The molecule has 2 aromatic rings. The molecule has 1 amide bonds. The Bertz CT molecular complexity index is 987. The molecule has 7 heteroatoms. The van der Waals surface area contributed by atoms with Gasteiger partial charge in [0.25, 0.3) is 0 Å². The minimum Gasteiger partial charge on any atom is -0.382 e. The van der Waals surface area contributed by atoms with Crippen LogP contribution < -0.4 is 10.6 Å². The van der Waals surface area contributed by atoms with E-state index < -0.39 is 0 Å². The van der Waals surface area contributed by atoms with Crippen LogP contribution >= 0.6 is 0 Å². The SMILES string of the molecule is N#Cc1c(N)ncnc1N1C[C@H]2C[C@@H](C1)[C@H](Cc1ccccc1)N1C(=O)CCC[C@@H]21. The van der Waals surface area contributed by atoms with Crippen molar-refractivity contribution < 1.29 is 4.79 Å². The average Bonchev–Trinajstić information content (AvgIpc) is 2.77. The molecule has 7 nitrogen and oxygen atoms in total. The number of hydrogen-bond acceptors (Lipinski definition) is 6. The minimum atomic E-state index is 0.175. The van der Waals surface area contributed by atoms with Crippen LogP contribution in [0.2, 0.25) is 0 Å². The van der Waals surface area contributed by atoms with Crippen molar-refractivity contribution in [2.75, 3.05) is 23.7 Å². The summed E-state index contributed by atoms with van der Waals surface area (Å²) in [6.45, 7) is 1.57. The fourth-order valence-electron chi connectivity index (χ4n) is 5.80. The summed E-state index contributed by atoms with van der Waals surface area (Å²) in [7, 11) is 0. The molecule has 5 rings (SSSR count). The summed E-state index contributed by atoms with van der Waals surface area (Å²) in [6.07, 6.45) is 6.10. The fraction of sp³-hybridized carbons (Fsp3) is 0.478. The average molecular weight is 403 g/mol. The lowest BCUT2D eigenvalue weighted by molar-refractivity contribution is -0.148. The van der Waals surface area contributed by atoms with Crippen LogP contribution in [0.3, 0.4) is 0 Å². The number of carbonyl (C=O) groups excluding carboxylic acids is 1. The van der Waals surface area contributed by atoms with Crippen molar-refractivity contribution in [3.8, 4) is 6.07 Å². The molecule has 4 atom stereocenters. The number of benzene rings is 1. The van der Waals surface area contributed by atoms with Crippen LogP contribution in [-0.4, -0.2) is 45.9 Å². The molecule has 0 spiro atoms. The second-order valence-electron chi connectivity index (χ2n) is 8.75. The Morgan fingerprint density at radius 3 is 2.77 bits per heavy atom. The summed E-state index contributed by atoms with van der Waals surface area (Å²) in [4.78, 5) is 25.8. The Morgan fingerprint density at radius 1 is 1.17 bits per heavy atom. The van der Waals surface area contributed by atoms with Gasteiger partial charge in [0, 0.05) is 31.6 Å². The molecule has 0 radical (unpaired) electrons. The third-order valence-corrected chi connectivity index (χ3v) is 7.05. The first-order valence-corrected chi connectivity index (χ1v) is 10.8. The molecular formula is C23H26N6O. The first-order chi connectivity index (χ1) is 14.7. The van der Waals surface area contributed by atoms with Crippen LogP contribution in [0.4, 0.5) is 11.6 Å². The standard InChI is InChI=1S/C23H26N6O/c24-11-18-22(25)26-14-27-23(18)28-12-16-10-17(13-28)20(9-15-5-2-1-3-6-15)29-19(16)7-4-8-21(29)30/h1-3,5-6,14,16-17,19-20H,4,7-10,12-13H2,(H2,25,26,27)/t16-,17+,19+,20+/m1/s1. The lowest BCUT2D eigenvalue weighted by atomic mass is 9.70. The summed E-state index contributed by atoms with van der Waals surface area (Å²) < 4.78 is 0. The van der Waals surface area contributed by atoms with Gasteiger partial charge in [-0.1, -0.05) is 30.3 Å². The molecule has 30 heavy (non-hydrogen) atoms. The van der Waals surface area contributed by atoms with E-state index in [4.69, 9.17) is 5.73 Å². The van der Waals surface area contributed by atoms with Crippen LogP contribution in [-0.2, 0) is 11.2 Å². The Kier molecular flexibility index (Phi) is 4.78. The van der Waals surface area contributed by atoms with Crippen molar-refractivity contribution in [2.45, 2.75) is 44.2 Å². The number of piperidine rings is 3. The number of aromatic nitrogens is 2. The maximum Gasteiger partial charge on any atom is 0.223 e. The highest BCUT2D eigenvalue weighted by atomic mass is 16.2. The van der Waals surface area contributed by atoms with Gasteiger partial charge in [-0.2, -0.15) is 5.26 Å². The van der Waals surface area contributed by atoms with E-state index in [2.05, 4.69) is 50.1 Å². The maximum atomic E-state index is 13.0. The number of anilines is 2. The van der Waals surface area contributed by atoms with E-state index in [9.17, 15) is 10.1 Å². The molecule has 0 aliphatic carbocycles. The van der Waals surface area contributed by atoms with Gasteiger partial charge in [0.1, 0.15) is 23.8 Å². The van der Waals surface area contributed by atoms with Gasteiger partial charge in [0.05, 0.1) is 0 Å². The highest BCUT2D eigenvalue weighted by Crippen LogP contribution is 2.43. The van der Waals surface area contributed by atoms with Gasteiger partial charge >= 0.3 is 0 Å². The van der Waals surface area contributed by atoms with E-state index >= 15 is 0 Å². The van der Waals surface area contributed by atoms with Gasteiger partial charge in [-0.15, -0.1) is 0 Å². The van der Waals surface area contributed by atoms with Crippen molar-refractivity contribution in [1.82, 2.24) is 14.9 Å². The summed E-state index contributed by atoms with van der Waals surface area (Å²) in [5, 5.41) is 9.61. The number of amides is 1. The smallest absolute Gasteiger partial charge is 0.223 e. The number of carbonyl (C=O) groups is 1. The third kappa shape index (κ3) is 3.17. The Hall–Kier alpha value is -3.14. The molecule has 0 unspecified atom stereocenters. The van der Waals surface area contributed by atoms with Crippen LogP contribution in [0, 0.1) is 23.2 Å². The lowest BCUT2D eigenvalue weighted by Crippen LogP contribution is -2.65. The molecule has 2 N–H and O–H groups in total. The van der Waals surface area contributed by atoms with Crippen molar-refractivity contribution in [3.05, 3.63) is 47.8 Å². The topological polar surface area (TPSA) is 99.1 Å². The van der Waals surface area contributed by atoms with Crippen LogP contribution in [0.5, 0.6) is 0 Å². The maximum absolute atomic E-state index is 13.0. The van der Waals surface area contributed by atoms with Gasteiger partial charge in [0.2, 0.25) is 5.91 Å². The predicted octanol–water partition coefficient (Wildman–Crippen LogP) is 2.38. The molecular weight excluding hydrogens is 376 g/mol. The molecule has 2 bridgehead atoms. The molecule has 154 valence electrons. The van der Waals surface area contributed by atoms with Gasteiger partial charge in [-0.3, -0.25) is 4.79 Å². The second kappa shape index (κ2) is 7.60. The quantitative estimate of drug-likeness (QED) is 0.846. The molecule has 4 heterocycles. The number of nitrogens with two attached hydrogens (primary N) is 1. The van der Waals surface area contributed by atoms with Gasteiger partial charge in [-0.05, 0) is 43.1 Å². The van der Waals surface area contributed by atoms with Gasteiger partial charge in [0.15, 0.2) is 5.82 Å². The van der Waals surface area contributed by atoms with E-state index in [1.54, 1.807) is 0 Å². The Balaban J connectivity index is 1.50. The molecule has 3 saturated heterocycles. The van der Waals surface area contributed by atoms with E-state index in [1.807, 2.05) is 6.07 Å². The number of fused-ring (bicyclic) bond motifs is 4. The lowest BCUT2D eigenvalue weighted by Gasteiger charge is -2.57. The monoisotopic (exact) mass is 402 g/mol. The third-order valence-electron chi connectivity index (χ3n) is 7.05. The highest BCUT2D eigenvalue weighted by molar-refractivity contribution is 5.78. The number of nitriles is 1. The zero-order chi connectivity index (χ0) is 20.7. The zero-order valence-electron chi connectivity index (χ0n) is 16.9. The first-order valence-electron chi connectivity index (χ1n) is 10.8. The first kappa shape index (κ1) is 18.9. The summed E-state index contributed by atoms with van der Waals surface area (Å²) >= 11 is 0. The van der Waals surface area contributed by atoms with Crippen LogP contribution in [0.1, 0.15) is 36.8 Å². The van der Waals surface area contributed by atoms with E-state index in [0.717, 1.165) is 38.8 Å². The highest BCUT2D eigenvalue weighted by Gasteiger charge is 2.49. The van der Waals surface area contributed by atoms with Crippen LogP contribution in [0.25, 0.3) is 0 Å². The number of rotatable bonds is 3. The normalized spacial score (nSPS) is 28.0. The number of hydrogen-bond donors (Lipinski definition) is 1. The van der Waals surface area contributed by atoms with Crippen molar-refractivity contribution in [3.63, 3.8) is 0 Å². The Morgan fingerprint density at radius 2 is 1.97 bits per heavy atom. The second-order valence-corrected chi connectivity index (χ2v) is 8.75. The van der Waals surface area contributed by atoms with Crippen molar-refractivity contribution in [2.24, 2.45) is 11.8 Å². The summed E-state index contributed by atoms with van der Waals surface area (Å²) in [5.74, 6) is 1.90. The Labute approximate surface area is 176 Å².